The average molecular weight is 514 g/mol. The van der Waals surface area contributed by atoms with Gasteiger partial charge in [-0.05, 0) is 97.7 Å². The fourth-order valence-electron chi connectivity index (χ4n) is 9.87. The van der Waals surface area contributed by atoms with Crippen LogP contribution >= 0.6 is 0 Å². The minimum absolute atomic E-state index is 0.0485. The van der Waals surface area contributed by atoms with Crippen LogP contribution in [0.25, 0.3) is 0 Å². The first-order valence-corrected chi connectivity index (χ1v) is 16.6. The van der Waals surface area contributed by atoms with Crippen molar-refractivity contribution >= 4 is 5.97 Å². The third-order valence-electron chi connectivity index (χ3n) is 12.0. The Hall–Kier alpha value is -0.790. The molecular weight excluding hydrogens is 453 g/mol. The Kier molecular flexibility index (Phi) is 9.94. The van der Waals surface area contributed by atoms with Gasteiger partial charge in [0.2, 0.25) is 0 Å². The Morgan fingerprint density at radius 3 is 2.49 bits per heavy atom. The number of ether oxygens (including phenoxy) is 1. The van der Waals surface area contributed by atoms with Crippen LogP contribution in [0.5, 0.6) is 0 Å². The Bertz CT molecular complexity index is 782. The molecule has 0 saturated heterocycles. The third-order valence-corrected chi connectivity index (χ3v) is 12.0. The van der Waals surface area contributed by atoms with Crippen molar-refractivity contribution in [3.63, 3.8) is 0 Å². The van der Waals surface area contributed by atoms with Gasteiger partial charge in [-0.25, -0.2) is 0 Å². The highest BCUT2D eigenvalue weighted by atomic mass is 16.5. The van der Waals surface area contributed by atoms with Crippen molar-refractivity contribution in [2.45, 2.75) is 157 Å². The highest BCUT2D eigenvalue weighted by Crippen LogP contribution is 2.67. The summed E-state index contributed by atoms with van der Waals surface area (Å²) in [4.78, 5) is 12.5. The maximum Gasteiger partial charge on any atom is 0.306 e. The standard InChI is InChI=1S/C35H60O2/c1-7-8-9-10-11-15-33(36)37-28-20-22-34(5)27(24-28)16-17-29-31-19-18-30(26(4)14-12-13-25(2)3)35(31,6)23-21-32(29)34/h16,25-26,28-32H,7-15,17-24H2,1-6H3/t26-,28+,29+,30-,31+,32+,34+,35-/m1/s1/i25+1. The summed E-state index contributed by atoms with van der Waals surface area (Å²) in [5.41, 5.74) is 2.54. The van der Waals surface area contributed by atoms with Gasteiger partial charge in [-0.15, -0.1) is 0 Å². The van der Waals surface area contributed by atoms with Gasteiger partial charge in [0.25, 0.3) is 0 Å². The van der Waals surface area contributed by atoms with Gasteiger partial charge < -0.3 is 4.74 Å². The molecule has 212 valence electrons. The summed E-state index contributed by atoms with van der Waals surface area (Å²) in [6.45, 7) is 14.9. The molecule has 2 nitrogen and oxygen atoms in total. The van der Waals surface area contributed by atoms with Gasteiger partial charge in [-0.1, -0.05) is 98.1 Å². The molecule has 37 heavy (non-hydrogen) atoms. The lowest BCUT2D eigenvalue weighted by Gasteiger charge is -2.58. The average Bonchev–Trinajstić information content (AvgIpc) is 3.21. The van der Waals surface area contributed by atoms with Crippen LogP contribution in [0.4, 0.5) is 0 Å². The van der Waals surface area contributed by atoms with Crippen LogP contribution in [0, 0.1) is 46.3 Å². The van der Waals surface area contributed by atoms with E-state index in [0.717, 1.165) is 61.2 Å². The second kappa shape index (κ2) is 12.6. The predicted molar refractivity (Wildman–Crippen MR) is 156 cm³/mol. The van der Waals surface area contributed by atoms with E-state index < -0.39 is 0 Å². The van der Waals surface area contributed by atoms with E-state index in [0.29, 0.717) is 17.3 Å². The minimum Gasteiger partial charge on any atom is -0.462 e. The molecule has 0 aromatic carbocycles. The molecule has 0 aliphatic heterocycles. The first kappa shape index (κ1) is 29.2. The van der Waals surface area contributed by atoms with E-state index in [1.165, 1.54) is 77.0 Å². The first-order chi connectivity index (χ1) is 17.7. The molecule has 8 atom stereocenters. The zero-order valence-electron chi connectivity index (χ0n) is 25.5. The van der Waals surface area contributed by atoms with Crippen LogP contribution in [0.15, 0.2) is 11.6 Å². The summed E-state index contributed by atoms with van der Waals surface area (Å²) in [7, 11) is 0. The number of rotatable bonds is 12. The molecule has 0 bridgehead atoms. The SMILES string of the molecule is CCCCCCCC(=O)O[C@H]1CC[C@@]2(C)C(=CC[C@H]3[C@@H]4CC[C@H]([C@H](C)CCC[13CH](C)C)[C@@]4(C)CC[C@@H]32)C1. The van der Waals surface area contributed by atoms with Crippen molar-refractivity contribution < 1.29 is 9.53 Å². The highest BCUT2D eigenvalue weighted by molar-refractivity contribution is 5.69. The molecule has 4 aliphatic rings. The number of allylic oxidation sites excluding steroid dienone is 1. The van der Waals surface area contributed by atoms with E-state index in [4.69, 9.17) is 4.74 Å². The lowest BCUT2D eigenvalue weighted by atomic mass is 9.47. The maximum absolute atomic E-state index is 12.5. The molecule has 4 aliphatic carbocycles. The van der Waals surface area contributed by atoms with Gasteiger partial charge >= 0.3 is 5.97 Å². The molecule has 0 aromatic heterocycles. The van der Waals surface area contributed by atoms with Gasteiger partial charge in [0.15, 0.2) is 0 Å². The van der Waals surface area contributed by atoms with Crippen LogP contribution in [0.3, 0.4) is 0 Å². The predicted octanol–water partition coefficient (Wildman–Crippen LogP) is 10.3. The lowest BCUT2D eigenvalue weighted by Crippen LogP contribution is -2.51. The molecule has 0 unspecified atom stereocenters. The Balaban J connectivity index is 1.34. The smallest absolute Gasteiger partial charge is 0.306 e. The fraction of sp³-hybridized carbons (Fsp3) is 0.914. The van der Waals surface area contributed by atoms with Crippen LogP contribution in [0.2, 0.25) is 0 Å². The molecule has 0 radical (unpaired) electrons. The Morgan fingerprint density at radius 1 is 0.946 bits per heavy atom. The van der Waals surface area contributed by atoms with Crippen molar-refractivity contribution in [3.05, 3.63) is 11.6 Å². The van der Waals surface area contributed by atoms with Crippen molar-refractivity contribution in [2.75, 3.05) is 0 Å². The lowest BCUT2D eigenvalue weighted by molar-refractivity contribution is -0.151. The number of esters is 1. The van der Waals surface area contributed by atoms with Crippen molar-refractivity contribution in [2.24, 2.45) is 46.3 Å². The minimum atomic E-state index is 0.0485. The number of hydrogen-bond donors (Lipinski definition) is 0. The summed E-state index contributed by atoms with van der Waals surface area (Å²) in [5.74, 6) is 5.34. The van der Waals surface area contributed by atoms with Crippen molar-refractivity contribution in [1.82, 2.24) is 0 Å². The van der Waals surface area contributed by atoms with Gasteiger partial charge in [-0.2, -0.15) is 0 Å². The molecule has 0 spiro atoms. The topological polar surface area (TPSA) is 26.3 Å². The van der Waals surface area contributed by atoms with Gasteiger partial charge in [0.1, 0.15) is 6.10 Å². The van der Waals surface area contributed by atoms with E-state index in [2.05, 4.69) is 47.6 Å². The number of carbonyl (C=O) groups excluding carboxylic acids is 1. The van der Waals surface area contributed by atoms with Gasteiger partial charge in [0, 0.05) is 12.8 Å². The van der Waals surface area contributed by atoms with E-state index >= 15 is 0 Å². The van der Waals surface area contributed by atoms with E-state index in [1.807, 2.05) is 0 Å². The fourth-order valence-corrected chi connectivity index (χ4v) is 9.87. The van der Waals surface area contributed by atoms with E-state index in [-0.39, 0.29) is 12.1 Å². The normalized spacial score (nSPS) is 37.9. The monoisotopic (exact) mass is 513 g/mol. The maximum atomic E-state index is 12.5. The molecule has 0 amide bonds. The summed E-state index contributed by atoms with van der Waals surface area (Å²) in [5, 5.41) is 0. The molecule has 0 aromatic rings. The Labute approximate surface area is 230 Å². The van der Waals surface area contributed by atoms with Crippen molar-refractivity contribution in [3.8, 4) is 0 Å². The summed E-state index contributed by atoms with van der Waals surface area (Å²) in [6.07, 6.45) is 23.9. The van der Waals surface area contributed by atoms with Crippen molar-refractivity contribution in [1.29, 1.82) is 0 Å². The van der Waals surface area contributed by atoms with Crippen LogP contribution < -0.4 is 0 Å². The van der Waals surface area contributed by atoms with Gasteiger partial charge in [-0.3, -0.25) is 4.79 Å². The third kappa shape index (κ3) is 6.35. The van der Waals surface area contributed by atoms with Gasteiger partial charge in [0.05, 0.1) is 0 Å². The molecule has 3 fully saturated rings. The van der Waals surface area contributed by atoms with Crippen LogP contribution in [-0.2, 0) is 9.53 Å². The zero-order valence-corrected chi connectivity index (χ0v) is 25.5. The summed E-state index contributed by atoms with van der Waals surface area (Å²) >= 11 is 0. The largest absolute Gasteiger partial charge is 0.462 e. The molecule has 2 heteroatoms. The molecule has 0 heterocycles. The van der Waals surface area contributed by atoms with E-state index in [1.54, 1.807) is 5.57 Å². The molecular formula is C35H60O2. The first-order valence-electron chi connectivity index (χ1n) is 16.6. The molecule has 3 saturated carbocycles. The molecule has 4 rings (SSSR count). The second-order valence-corrected chi connectivity index (χ2v) is 14.8. The number of unbranched alkanes of at least 4 members (excludes halogenated alkanes) is 4. The second-order valence-electron chi connectivity index (χ2n) is 14.8. The highest BCUT2D eigenvalue weighted by Gasteiger charge is 2.59. The Morgan fingerprint density at radius 2 is 1.73 bits per heavy atom. The molecule has 0 N–H and O–H groups in total. The number of hydrogen-bond acceptors (Lipinski definition) is 2. The number of carbonyl (C=O) groups is 1. The van der Waals surface area contributed by atoms with Crippen LogP contribution in [0.1, 0.15) is 151 Å². The van der Waals surface area contributed by atoms with Crippen LogP contribution in [-0.4, -0.2) is 12.1 Å². The van der Waals surface area contributed by atoms with E-state index in [9.17, 15) is 4.79 Å². The summed E-state index contributed by atoms with van der Waals surface area (Å²) < 4.78 is 6.02. The zero-order chi connectivity index (χ0) is 26.6. The quantitative estimate of drug-likeness (QED) is 0.112. The summed E-state index contributed by atoms with van der Waals surface area (Å²) in [6, 6.07) is 0. The number of fused-ring (bicyclic) bond motifs is 5.